The number of methoxy groups -OCH3 is 1. The molecule has 0 bridgehead atoms. The summed E-state index contributed by atoms with van der Waals surface area (Å²) < 4.78 is 17.0. The second-order valence-corrected chi connectivity index (χ2v) is 8.31. The number of benzene rings is 4. The fourth-order valence-electron chi connectivity index (χ4n) is 3.21. The maximum Gasteiger partial charge on any atom is 0.343 e. The molecule has 0 heterocycles. The van der Waals surface area contributed by atoms with Crippen LogP contribution in [0.2, 0.25) is 0 Å². The fourth-order valence-corrected chi connectivity index (χ4v) is 3.59. The zero-order valence-corrected chi connectivity index (χ0v) is 20.3. The van der Waals surface area contributed by atoms with Crippen LogP contribution in [-0.4, -0.2) is 31.8 Å². The van der Waals surface area contributed by atoms with E-state index in [4.69, 9.17) is 14.2 Å². The lowest BCUT2D eigenvalue weighted by molar-refractivity contribution is -0.123. The van der Waals surface area contributed by atoms with Crippen molar-refractivity contribution >= 4 is 44.8 Å². The molecule has 0 aromatic heterocycles. The first kappa shape index (κ1) is 24.0. The Bertz CT molecular complexity index is 1390. The Morgan fingerprint density at radius 2 is 1.66 bits per heavy atom. The number of nitrogens with zero attached hydrogens (tertiary/aromatic N) is 1. The zero-order valence-electron chi connectivity index (χ0n) is 18.7. The number of fused-ring (bicyclic) bond motifs is 1. The van der Waals surface area contributed by atoms with Crippen molar-refractivity contribution < 1.29 is 23.8 Å². The second kappa shape index (κ2) is 11.3. The van der Waals surface area contributed by atoms with Crippen LogP contribution in [0, 0.1) is 0 Å². The molecular formula is C27H21BrN2O5. The highest BCUT2D eigenvalue weighted by Gasteiger charge is 2.12. The third kappa shape index (κ3) is 6.45. The quantitative estimate of drug-likeness (QED) is 0.143. The van der Waals surface area contributed by atoms with E-state index in [1.165, 1.54) is 6.21 Å². The summed E-state index contributed by atoms with van der Waals surface area (Å²) in [7, 11) is 1.55. The van der Waals surface area contributed by atoms with E-state index < -0.39 is 11.9 Å². The molecule has 0 unspecified atom stereocenters. The summed E-state index contributed by atoms with van der Waals surface area (Å²) in [6, 6.07) is 25.2. The van der Waals surface area contributed by atoms with Crippen LogP contribution in [0.15, 0.2) is 94.5 Å². The predicted molar refractivity (Wildman–Crippen MR) is 137 cm³/mol. The lowest BCUT2D eigenvalue weighted by Gasteiger charge is -2.09. The molecule has 0 aliphatic heterocycles. The Hall–Kier alpha value is -4.17. The lowest BCUT2D eigenvalue weighted by atomic mass is 10.1. The van der Waals surface area contributed by atoms with Gasteiger partial charge in [-0.1, -0.05) is 46.3 Å². The first-order valence-corrected chi connectivity index (χ1v) is 11.4. The van der Waals surface area contributed by atoms with E-state index in [2.05, 4.69) is 26.5 Å². The van der Waals surface area contributed by atoms with E-state index >= 15 is 0 Å². The molecule has 0 aliphatic carbocycles. The predicted octanol–water partition coefficient (Wildman–Crippen LogP) is 5.36. The van der Waals surface area contributed by atoms with Gasteiger partial charge in [0.2, 0.25) is 0 Å². The number of ether oxygens (including phenoxy) is 3. The summed E-state index contributed by atoms with van der Waals surface area (Å²) in [6.45, 7) is -0.201. The number of hydrazone groups is 1. The number of esters is 1. The monoisotopic (exact) mass is 532 g/mol. The average molecular weight is 533 g/mol. The van der Waals surface area contributed by atoms with Crippen molar-refractivity contribution in [3.8, 4) is 17.2 Å². The van der Waals surface area contributed by atoms with Gasteiger partial charge in [0, 0.05) is 10.0 Å². The Kier molecular flexibility index (Phi) is 7.74. The van der Waals surface area contributed by atoms with Crippen LogP contribution in [0.4, 0.5) is 0 Å². The Morgan fingerprint density at radius 1 is 0.914 bits per heavy atom. The summed E-state index contributed by atoms with van der Waals surface area (Å²) in [5, 5.41) is 6.09. The SMILES string of the molecule is COc1ccc(C(=O)Oc2ccc(Br)cc2C=NNC(=O)COc2ccc3ccccc3c2)cc1. The highest BCUT2D eigenvalue weighted by molar-refractivity contribution is 9.10. The van der Waals surface area contributed by atoms with E-state index in [0.717, 1.165) is 15.2 Å². The molecule has 4 rings (SSSR count). The Labute approximate surface area is 210 Å². The minimum Gasteiger partial charge on any atom is -0.497 e. The van der Waals surface area contributed by atoms with Gasteiger partial charge in [-0.3, -0.25) is 4.79 Å². The number of carbonyl (C=O) groups excluding carboxylic acids is 2. The van der Waals surface area contributed by atoms with Crippen molar-refractivity contribution in [3.63, 3.8) is 0 Å². The van der Waals surface area contributed by atoms with Crippen LogP contribution in [0.1, 0.15) is 15.9 Å². The molecule has 7 nitrogen and oxygen atoms in total. The van der Waals surface area contributed by atoms with Gasteiger partial charge in [0.15, 0.2) is 6.61 Å². The molecule has 0 saturated heterocycles. The summed E-state index contributed by atoms with van der Waals surface area (Å²) in [4.78, 5) is 24.7. The van der Waals surface area contributed by atoms with Gasteiger partial charge < -0.3 is 14.2 Å². The topological polar surface area (TPSA) is 86.2 Å². The molecule has 0 atom stereocenters. The van der Waals surface area contributed by atoms with Gasteiger partial charge in [-0.05, 0) is 65.4 Å². The minimum atomic E-state index is -0.530. The van der Waals surface area contributed by atoms with E-state index in [1.54, 1.807) is 49.6 Å². The molecular weight excluding hydrogens is 512 g/mol. The third-order valence-electron chi connectivity index (χ3n) is 4.98. The van der Waals surface area contributed by atoms with Gasteiger partial charge >= 0.3 is 5.97 Å². The summed E-state index contributed by atoms with van der Waals surface area (Å²) in [5.41, 5.74) is 3.29. The van der Waals surface area contributed by atoms with Gasteiger partial charge in [0.25, 0.3) is 5.91 Å². The van der Waals surface area contributed by atoms with E-state index in [1.807, 2.05) is 42.5 Å². The van der Waals surface area contributed by atoms with E-state index in [-0.39, 0.29) is 6.61 Å². The molecule has 4 aromatic carbocycles. The minimum absolute atomic E-state index is 0.201. The van der Waals surface area contributed by atoms with Gasteiger partial charge in [-0.2, -0.15) is 5.10 Å². The van der Waals surface area contributed by atoms with Crippen LogP contribution in [0.25, 0.3) is 10.8 Å². The Balaban J connectivity index is 1.36. The third-order valence-corrected chi connectivity index (χ3v) is 5.48. The van der Waals surface area contributed by atoms with Crippen molar-refractivity contribution in [3.05, 3.63) is 101 Å². The number of halogens is 1. The van der Waals surface area contributed by atoms with Crippen molar-refractivity contribution in [2.24, 2.45) is 5.10 Å². The molecule has 1 amide bonds. The molecule has 1 N–H and O–H groups in total. The number of amides is 1. The molecule has 35 heavy (non-hydrogen) atoms. The van der Waals surface area contributed by atoms with Gasteiger partial charge in [0.05, 0.1) is 18.9 Å². The summed E-state index contributed by atoms with van der Waals surface area (Å²) in [6.07, 6.45) is 1.40. The van der Waals surface area contributed by atoms with Crippen molar-refractivity contribution in [2.45, 2.75) is 0 Å². The average Bonchev–Trinajstić information content (AvgIpc) is 2.88. The molecule has 0 radical (unpaired) electrons. The first-order chi connectivity index (χ1) is 17.0. The smallest absolute Gasteiger partial charge is 0.343 e. The van der Waals surface area contributed by atoms with Gasteiger partial charge in [0.1, 0.15) is 17.2 Å². The van der Waals surface area contributed by atoms with Crippen LogP contribution in [0.5, 0.6) is 17.2 Å². The van der Waals surface area contributed by atoms with Crippen LogP contribution in [0.3, 0.4) is 0 Å². The maximum atomic E-state index is 12.5. The van der Waals surface area contributed by atoms with Gasteiger partial charge in [-0.15, -0.1) is 0 Å². The van der Waals surface area contributed by atoms with Gasteiger partial charge in [-0.25, -0.2) is 10.2 Å². The standard InChI is InChI=1S/C27H21BrN2O5/c1-33-23-10-7-19(8-11-23)27(32)35-25-13-9-22(28)14-21(25)16-29-30-26(31)17-34-24-12-6-18-4-2-3-5-20(18)15-24/h2-16H,17H2,1H3,(H,30,31). The van der Waals surface area contributed by atoms with Crippen molar-refractivity contribution in [1.29, 1.82) is 0 Å². The highest BCUT2D eigenvalue weighted by Crippen LogP contribution is 2.24. The molecule has 4 aromatic rings. The van der Waals surface area contributed by atoms with E-state index in [0.29, 0.717) is 28.4 Å². The highest BCUT2D eigenvalue weighted by atomic mass is 79.9. The van der Waals surface area contributed by atoms with Crippen molar-refractivity contribution in [1.82, 2.24) is 5.43 Å². The first-order valence-electron chi connectivity index (χ1n) is 10.6. The molecule has 0 saturated carbocycles. The normalized spacial score (nSPS) is 10.8. The fraction of sp³-hybridized carbons (Fsp3) is 0.0741. The van der Waals surface area contributed by atoms with E-state index in [9.17, 15) is 9.59 Å². The largest absolute Gasteiger partial charge is 0.497 e. The van der Waals surface area contributed by atoms with Crippen LogP contribution >= 0.6 is 15.9 Å². The molecule has 0 fully saturated rings. The molecule has 0 aliphatic rings. The summed E-state index contributed by atoms with van der Waals surface area (Å²) in [5.74, 6) is 0.555. The Morgan fingerprint density at radius 3 is 2.43 bits per heavy atom. The summed E-state index contributed by atoms with van der Waals surface area (Å²) >= 11 is 3.39. The second-order valence-electron chi connectivity index (χ2n) is 7.39. The van der Waals surface area contributed by atoms with Crippen LogP contribution < -0.4 is 19.6 Å². The van der Waals surface area contributed by atoms with Crippen LogP contribution in [-0.2, 0) is 4.79 Å². The maximum absolute atomic E-state index is 12.5. The zero-order chi connectivity index (χ0) is 24.6. The number of nitrogens with one attached hydrogen (secondary N) is 1. The molecule has 176 valence electrons. The molecule has 0 spiro atoms. The number of hydrogen-bond donors (Lipinski definition) is 1. The number of carbonyl (C=O) groups is 2. The lowest BCUT2D eigenvalue weighted by Crippen LogP contribution is -2.24. The number of rotatable bonds is 8. The molecule has 8 heteroatoms. The number of hydrogen-bond acceptors (Lipinski definition) is 6. The van der Waals surface area contributed by atoms with Crippen molar-refractivity contribution in [2.75, 3.05) is 13.7 Å².